The molecule has 1 saturated carbocycles. The maximum Gasteiger partial charge on any atom is 0.128 e. The summed E-state index contributed by atoms with van der Waals surface area (Å²) in [6.07, 6.45) is 0.522. The van der Waals surface area contributed by atoms with E-state index in [2.05, 4.69) is 6.07 Å². The van der Waals surface area contributed by atoms with Crippen molar-refractivity contribution in [2.75, 3.05) is 0 Å². The van der Waals surface area contributed by atoms with Crippen LogP contribution in [0, 0.1) is 22.6 Å². The van der Waals surface area contributed by atoms with E-state index in [0.717, 1.165) is 0 Å². The second-order valence-electron chi connectivity index (χ2n) is 4.80. The van der Waals surface area contributed by atoms with E-state index in [1.807, 2.05) is 0 Å². The van der Waals surface area contributed by atoms with Crippen molar-refractivity contribution < 1.29 is 9.50 Å². The van der Waals surface area contributed by atoms with Crippen LogP contribution < -0.4 is 5.46 Å². The molecule has 1 fully saturated rings. The highest BCUT2D eigenvalue weighted by Crippen LogP contribution is 2.53. The van der Waals surface area contributed by atoms with Gasteiger partial charge in [0.25, 0.3) is 0 Å². The van der Waals surface area contributed by atoms with Gasteiger partial charge in [-0.25, -0.2) is 4.39 Å². The van der Waals surface area contributed by atoms with Gasteiger partial charge in [-0.3, -0.25) is 0 Å². The first-order valence-corrected chi connectivity index (χ1v) is 5.08. The minimum absolute atomic E-state index is 0.231. The monoisotopic (exact) mass is 215 g/mol. The Morgan fingerprint density at radius 1 is 1.50 bits per heavy atom. The largest absolute Gasteiger partial charge is 0.385 e. The molecule has 0 aromatic heterocycles. The Kier molecular flexibility index (Phi) is 2.32. The van der Waals surface area contributed by atoms with E-state index in [4.69, 9.17) is 13.1 Å². The van der Waals surface area contributed by atoms with Crippen molar-refractivity contribution in [2.24, 2.45) is 5.41 Å². The third kappa shape index (κ3) is 1.62. The van der Waals surface area contributed by atoms with E-state index in [-0.39, 0.29) is 18.4 Å². The molecular weight excluding hydrogens is 204 g/mol. The normalized spacial score (nSPS) is 32.9. The van der Waals surface area contributed by atoms with Crippen LogP contribution in [0.5, 0.6) is 0 Å². The van der Waals surface area contributed by atoms with Gasteiger partial charge < -0.3 is 5.11 Å². The van der Waals surface area contributed by atoms with Gasteiger partial charge in [-0.15, -0.1) is 0 Å². The molecule has 1 aromatic rings. The molecule has 1 aliphatic rings. The van der Waals surface area contributed by atoms with Gasteiger partial charge >= 0.3 is 0 Å². The van der Waals surface area contributed by atoms with Gasteiger partial charge in [0, 0.05) is 5.56 Å². The summed E-state index contributed by atoms with van der Waals surface area (Å²) in [5, 5.41) is 19.1. The van der Waals surface area contributed by atoms with E-state index in [0.29, 0.717) is 5.46 Å². The van der Waals surface area contributed by atoms with Gasteiger partial charge in [0.1, 0.15) is 13.7 Å². The summed E-state index contributed by atoms with van der Waals surface area (Å²) in [5.41, 5.74) is -1.22. The van der Waals surface area contributed by atoms with Crippen LogP contribution in [-0.4, -0.2) is 13.0 Å². The highest BCUT2D eigenvalue weighted by atomic mass is 19.1. The van der Waals surface area contributed by atoms with Crippen molar-refractivity contribution in [3.63, 3.8) is 0 Å². The van der Waals surface area contributed by atoms with Gasteiger partial charge in [-0.05, 0) is 25.8 Å². The van der Waals surface area contributed by atoms with Crippen LogP contribution in [0.15, 0.2) is 18.2 Å². The van der Waals surface area contributed by atoms with Crippen LogP contribution in [-0.2, 0) is 5.60 Å². The number of hydrogen-bond acceptors (Lipinski definition) is 2. The van der Waals surface area contributed by atoms with Crippen LogP contribution >= 0.6 is 0 Å². The maximum absolute atomic E-state index is 13.6. The Labute approximate surface area is 95.1 Å². The first-order chi connectivity index (χ1) is 7.38. The highest BCUT2D eigenvalue weighted by Gasteiger charge is 2.53. The average Bonchev–Trinajstić information content (AvgIpc) is 2.15. The lowest BCUT2D eigenvalue weighted by molar-refractivity contribution is -0.105. The van der Waals surface area contributed by atoms with Gasteiger partial charge in [0.15, 0.2) is 0 Å². The predicted octanol–water partition coefficient (Wildman–Crippen LogP) is 1.13. The van der Waals surface area contributed by atoms with Gasteiger partial charge in [0.05, 0.1) is 17.1 Å². The lowest BCUT2D eigenvalue weighted by atomic mass is 9.58. The van der Waals surface area contributed by atoms with Crippen LogP contribution in [0.1, 0.15) is 25.3 Å². The fraction of sp³-hybridized carbons (Fsp3) is 0.417. The summed E-state index contributed by atoms with van der Waals surface area (Å²) in [6, 6.07) is 6.36. The molecule has 4 heteroatoms. The average molecular weight is 215 g/mol. The molecule has 0 atom stereocenters. The minimum atomic E-state index is -1.22. The number of benzene rings is 1. The summed E-state index contributed by atoms with van der Waals surface area (Å²) in [4.78, 5) is 0. The Morgan fingerprint density at radius 3 is 2.62 bits per heavy atom. The van der Waals surface area contributed by atoms with Crippen molar-refractivity contribution in [1.29, 1.82) is 5.26 Å². The minimum Gasteiger partial charge on any atom is -0.385 e. The zero-order valence-electron chi connectivity index (χ0n) is 9.00. The molecule has 0 saturated heterocycles. The number of halogens is 1. The van der Waals surface area contributed by atoms with E-state index < -0.39 is 16.8 Å². The molecule has 2 rings (SSSR count). The molecule has 2 radical (unpaired) electrons. The summed E-state index contributed by atoms with van der Waals surface area (Å²) < 4.78 is 13.6. The molecule has 0 heterocycles. The van der Waals surface area contributed by atoms with E-state index in [9.17, 15) is 9.50 Å². The third-order valence-corrected chi connectivity index (χ3v) is 3.13. The van der Waals surface area contributed by atoms with E-state index in [1.165, 1.54) is 12.1 Å². The second-order valence-corrected chi connectivity index (χ2v) is 4.80. The quantitative estimate of drug-likeness (QED) is 0.713. The number of hydrogen-bond donors (Lipinski definition) is 1. The summed E-state index contributed by atoms with van der Waals surface area (Å²) >= 11 is 0. The van der Waals surface area contributed by atoms with Gasteiger partial charge in [-0.1, -0.05) is 17.6 Å². The van der Waals surface area contributed by atoms with Crippen LogP contribution in [0.4, 0.5) is 4.39 Å². The van der Waals surface area contributed by atoms with Crippen molar-refractivity contribution in [2.45, 2.75) is 25.4 Å². The Balaban J connectivity index is 2.31. The number of nitriles is 1. The maximum atomic E-state index is 13.6. The van der Waals surface area contributed by atoms with Crippen molar-refractivity contribution >= 4 is 13.3 Å². The van der Waals surface area contributed by atoms with E-state index >= 15 is 0 Å². The standard InChI is InChI=1S/C12H11BFNO/c1-11(7-15)5-12(16,6-11)9-3-2-8(13)4-10(9)14/h2-4,16H,5-6H2,1H3. The molecule has 1 N–H and O–H groups in total. The molecule has 1 aliphatic carbocycles. The first-order valence-electron chi connectivity index (χ1n) is 5.08. The molecular formula is C12H11BFNO. The summed E-state index contributed by atoms with van der Waals surface area (Å²) in [5.74, 6) is -0.512. The number of aliphatic hydroxyl groups is 1. The first kappa shape index (κ1) is 11.2. The summed E-state index contributed by atoms with van der Waals surface area (Å²) in [7, 11) is 5.44. The Hall–Kier alpha value is -1.34. The molecule has 1 aromatic carbocycles. The molecule has 0 amide bonds. The SMILES string of the molecule is [B]c1ccc(C2(O)CC(C)(C#N)C2)c(F)c1. The summed E-state index contributed by atoms with van der Waals surface area (Å²) in [6.45, 7) is 1.76. The molecule has 0 aliphatic heterocycles. The number of rotatable bonds is 1. The van der Waals surface area contributed by atoms with Crippen LogP contribution in [0.2, 0.25) is 0 Å². The van der Waals surface area contributed by atoms with Gasteiger partial charge in [0.2, 0.25) is 0 Å². The molecule has 0 spiro atoms. The highest BCUT2D eigenvalue weighted by molar-refractivity contribution is 6.32. The number of nitrogens with zero attached hydrogens (tertiary/aromatic N) is 1. The van der Waals surface area contributed by atoms with Crippen molar-refractivity contribution in [3.8, 4) is 6.07 Å². The third-order valence-electron chi connectivity index (χ3n) is 3.13. The second kappa shape index (κ2) is 3.33. The fourth-order valence-electron chi connectivity index (χ4n) is 2.42. The van der Waals surface area contributed by atoms with Crippen LogP contribution in [0.25, 0.3) is 0 Å². The zero-order chi connectivity index (χ0) is 12.0. The van der Waals surface area contributed by atoms with Crippen molar-refractivity contribution in [3.05, 3.63) is 29.6 Å². The smallest absolute Gasteiger partial charge is 0.128 e. The molecule has 80 valence electrons. The fourth-order valence-corrected chi connectivity index (χ4v) is 2.42. The molecule has 2 nitrogen and oxygen atoms in total. The van der Waals surface area contributed by atoms with Gasteiger partial charge in [-0.2, -0.15) is 5.26 Å². The molecule has 16 heavy (non-hydrogen) atoms. The molecule has 0 unspecified atom stereocenters. The zero-order valence-corrected chi connectivity index (χ0v) is 9.00. The topological polar surface area (TPSA) is 44.0 Å². The predicted molar refractivity (Wildman–Crippen MR) is 58.6 cm³/mol. The lowest BCUT2D eigenvalue weighted by Crippen LogP contribution is -2.48. The van der Waals surface area contributed by atoms with E-state index in [1.54, 1.807) is 13.0 Å². The Morgan fingerprint density at radius 2 is 2.12 bits per heavy atom. The molecule has 0 bridgehead atoms. The van der Waals surface area contributed by atoms with Crippen molar-refractivity contribution in [1.82, 2.24) is 0 Å². The lowest BCUT2D eigenvalue weighted by Gasteiger charge is -2.47. The van der Waals surface area contributed by atoms with Crippen LogP contribution in [0.3, 0.4) is 0 Å². The Bertz CT molecular complexity index is 474.